The van der Waals surface area contributed by atoms with Gasteiger partial charge in [-0.05, 0) is 61.9 Å². The van der Waals surface area contributed by atoms with Crippen LogP contribution >= 0.6 is 23.5 Å². The van der Waals surface area contributed by atoms with E-state index in [1.165, 1.54) is 37.6 Å². The zero-order valence-electron chi connectivity index (χ0n) is 24.4. The Balaban J connectivity index is 1.64. The van der Waals surface area contributed by atoms with E-state index in [4.69, 9.17) is 9.73 Å². The molecule has 3 aromatic carbocycles. The van der Waals surface area contributed by atoms with Crippen molar-refractivity contribution in [1.82, 2.24) is 9.80 Å². The van der Waals surface area contributed by atoms with Crippen molar-refractivity contribution in [2.75, 3.05) is 25.5 Å². The lowest BCUT2D eigenvalue weighted by atomic mass is 10.1. The number of nitrogens with one attached hydrogen (secondary N) is 1. The van der Waals surface area contributed by atoms with Crippen molar-refractivity contribution in [2.24, 2.45) is 4.99 Å². The van der Waals surface area contributed by atoms with E-state index < -0.39 is 5.97 Å². The fraction of sp³-hybridized carbons (Fsp3) is 0.212. The second-order valence-corrected chi connectivity index (χ2v) is 12.0. The third-order valence-electron chi connectivity index (χ3n) is 6.89. The highest BCUT2D eigenvalue weighted by molar-refractivity contribution is 8.19. The Kier molecular flexibility index (Phi) is 9.37. The highest BCUT2D eigenvalue weighted by atomic mass is 32.2. The molecule has 0 saturated carbocycles. The Bertz CT molecular complexity index is 1650. The van der Waals surface area contributed by atoms with Crippen LogP contribution in [0.3, 0.4) is 0 Å². The van der Waals surface area contributed by atoms with Crippen LogP contribution in [-0.2, 0) is 20.9 Å². The molecule has 0 unspecified atom stereocenters. The summed E-state index contributed by atoms with van der Waals surface area (Å²) in [5.74, 6) is -0.692. The number of anilines is 1. The van der Waals surface area contributed by atoms with Gasteiger partial charge in [0.25, 0.3) is 5.91 Å². The number of esters is 1. The number of amidine groups is 1. The minimum atomic E-state index is -0.413. The van der Waals surface area contributed by atoms with Crippen LogP contribution in [0.4, 0.5) is 11.4 Å². The molecule has 0 atom stereocenters. The Labute approximate surface area is 259 Å². The first-order chi connectivity index (χ1) is 20.8. The molecule has 2 heterocycles. The number of carbonyl (C=O) groups is 3. The minimum absolute atomic E-state index is 0.0475. The third kappa shape index (κ3) is 6.55. The molecule has 0 bridgehead atoms. The van der Waals surface area contributed by atoms with Crippen LogP contribution in [0, 0.1) is 0 Å². The van der Waals surface area contributed by atoms with Crippen molar-refractivity contribution >= 4 is 63.4 Å². The molecule has 2 aliphatic heterocycles. The van der Waals surface area contributed by atoms with Crippen LogP contribution in [0.5, 0.6) is 0 Å². The molecule has 0 spiro atoms. The largest absolute Gasteiger partial charge is 0.468 e. The summed E-state index contributed by atoms with van der Waals surface area (Å²) >= 11 is 2.73. The van der Waals surface area contributed by atoms with Gasteiger partial charge in [0, 0.05) is 17.0 Å². The SMILES string of the molecule is CCNc1ccc(C(C)=O)cc1N=C1SC(=C2SC(C)=C(c3ccccc3)N2CC(=O)OC)C(=O)N1Cc1ccccc1. The molecule has 0 aliphatic carbocycles. The average Bonchev–Trinajstić information content (AvgIpc) is 3.49. The number of methoxy groups -OCH3 is 1. The molecule has 1 N–H and O–H groups in total. The van der Waals surface area contributed by atoms with E-state index in [2.05, 4.69) is 5.32 Å². The molecule has 1 saturated heterocycles. The number of Topliss-reactive ketones (excluding diaryl/α,β-unsaturated/α-hetero) is 1. The number of allylic oxidation sites excluding steroid dienone is 1. The maximum Gasteiger partial charge on any atom is 0.325 e. The van der Waals surface area contributed by atoms with Crippen molar-refractivity contribution in [2.45, 2.75) is 27.3 Å². The number of hydrogen-bond donors (Lipinski definition) is 1. The normalized spacial score (nSPS) is 17.7. The number of nitrogens with zero attached hydrogens (tertiary/aromatic N) is 3. The summed E-state index contributed by atoms with van der Waals surface area (Å²) in [6.45, 7) is 6.42. The molecule has 43 heavy (non-hydrogen) atoms. The van der Waals surface area contributed by atoms with Gasteiger partial charge in [-0.25, -0.2) is 4.99 Å². The summed E-state index contributed by atoms with van der Waals surface area (Å²) in [6.07, 6.45) is 0. The maximum atomic E-state index is 14.3. The Morgan fingerprint density at radius 3 is 2.30 bits per heavy atom. The van der Waals surface area contributed by atoms with Gasteiger partial charge in [-0.3, -0.25) is 19.3 Å². The van der Waals surface area contributed by atoms with E-state index in [0.717, 1.165) is 27.4 Å². The molecular weight excluding hydrogens is 581 g/mol. The highest BCUT2D eigenvalue weighted by Crippen LogP contribution is 2.50. The first kappa shape index (κ1) is 30.2. The second-order valence-electron chi connectivity index (χ2n) is 9.86. The minimum Gasteiger partial charge on any atom is -0.468 e. The summed E-state index contributed by atoms with van der Waals surface area (Å²) in [7, 11) is 1.36. The van der Waals surface area contributed by atoms with Gasteiger partial charge >= 0.3 is 5.97 Å². The molecule has 0 radical (unpaired) electrons. The quantitative estimate of drug-likeness (QED) is 0.159. The van der Waals surface area contributed by atoms with Crippen LogP contribution in [0.25, 0.3) is 5.70 Å². The number of ketones is 1. The van der Waals surface area contributed by atoms with E-state index in [1.54, 1.807) is 17.0 Å². The summed E-state index contributed by atoms with van der Waals surface area (Å²) in [6, 6.07) is 24.9. The number of aliphatic imine (C=N–C) groups is 1. The molecule has 220 valence electrons. The van der Waals surface area contributed by atoms with E-state index in [9.17, 15) is 14.4 Å². The number of benzene rings is 3. The zero-order chi connectivity index (χ0) is 30.5. The first-order valence-electron chi connectivity index (χ1n) is 13.8. The summed E-state index contributed by atoms with van der Waals surface area (Å²) in [5, 5.41) is 4.45. The van der Waals surface area contributed by atoms with Gasteiger partial charge in [-0.1, -0.05) is 72.4 Å². The van der Waals surface area contributed by atoms with Gasteiger partial charge in [0.1, 0.15) is 16.5 Å². The molecular formula is C33H32N4O4S2. The topological polar surface area (TPSA) is 91.3 Å². The van der Waals surface area contributed by atoms with Crippen molar-refractivity contribution in [3.05, 3.63) is 110 Å². The number of carbonyl (C=O) groups excluding carboxylic acids is 3. The van der Waals surface area contributed by atoms with E-state index in [1.807, 2.05) is 85.5 Å². The summed E-state index contributed by atoms with van der Waals surface area (Å²) in [4.78, 5) is 49.0. The van der Waals surface area contributed by atoms with E-state index >= 15 is 0 Å². The van der Waals surface area contributed by atoms with E-state index in [-0.39, 0.29) is 18.2 Å². The Morgan fingerprint density at radius 1 is 0.953 bits per heavy atom. The fourth-order valence-electron chi connectivity index (χ4n) is 4.82. The van der Waals surface area contributed by atoms with Crippen molar-refractivity contribution in [1.29, 1.82) is 0 Å². The van der Waals surface area contributed by atoms with Crippen molar-refractivity contribution < 1.29 is 19.1 Å². The predicted octanol–water partition coefficient (Wildman–Crippen LogP) is 6.86. The average molecular weight is 613 g/mol. The number of rotatable bonds is 9. The molecule has 1 fully saturated rings. The third-order valence-corrected chi connectivity index (χ3v) is 9.20. The van der Waals surface area contributed by atoms with Crippen LogP contribution in [0.1, 0.15) is 42.3 Å². The lowest BCUT2D eigenvalue weighted by Crippen LogP contribution is -2.30. The standard InChI is InChI=1S/C33H32N4O4S2/c1-5-34-26-17-16-25(21(2)38)18-27(26)35-33-37(19-23-12-8-6-9-13-23)31(40)30(43-33)32-36(20-28(39)41-4)29(22(3)42-32)24-14-10-7-11-15-24/h6-18,34H,5,19-20H2,1-4H3. The lowest BCUT2D eigenvalue weighted by Gasteiger charge is -2.23. The van der Waals surface area contributed by atoms with Crippen molar-refractivity contribution in [3.63, 3.8) is 0 Å². The molecule has 2 aliphatic rings. The number of hydrogen-bond acceptors (Lipinski definition) is 9. The van der Waals surface area contributed by atoms with Gasteiger partial charge in [0.15, 0.2) is 11.0 Å². The van der Waals surface area contributed by atoms with Gasteiger partial charge in [0.05, 0.1) is 30.7 Å². The lowest BCUT2D eigenvalue weighted by molar-refractivity contribution is -0.140. The zero-order valence-corrected chi connectivity index (χ0v) is 26.1. The van der Waals surface area contributed by atoms with Gasteiger partial charge < -0.3 is 15.0 Å². The molecule has 10 heteroatoms. The van der Waals surface area contributed by atoms with Gasteiger partial charge in [0.2, 0.25) is 0 Å². The number of amides is 1. The van der Waals surface area contributed by atoms with Crippen molar-refractivity contribution in [3.8, 4) is 0 Å². The molecule has 1 amide bonds. The van der Waals surface area contributed by atoms with E-state index in [0.29, 0.717) is 39.4 Å². The molecule has 5 rings (SSSR count). The van der Waals surface area contributed by atoms with Crippen LogP contribution < -0.4 is 5.32 Å². The highest BCUT2D eigenvalue weighted by Gasteiger charge is 2.41. The Hall–Kier alpha value is -4.28. The predicted molar refractivity (Wildman–Crippen MR) is 175 cm³/mol. The smallest absolute Gasteiger partial charge is 0.325 e. The van der Waals surface area contributed by atoms with Crippen LogP contribution in [-0.4, -0.2) is 52.8 Å². The molecule has 3 aromatic rings. The number of ether oxygens (including phenoxy) is 1. The van der Waals surface area contributed by atoms with Crippen LogP contribution in [0.15, 0.2) is 98.7 Å². The first-order valence-corrected chi connectivity index (χ1v) is 15.5. The molecule has 8 nitrogen and oxygen atoms in total. The second kappa shape index (κ2) is 13.4. The van der Waals surface area contributed by atoms with Gasteiger partial charge in [-0.2, -0.15) is 0 Å². The maximum absolute atomic E-state index is 14.3. The monoisotopic (exact) mass is 612 g/mol. The number of thioether (sulfide) groups is 2. The summed E-state index contributed by atoms with van der Waals surface area (Å²) < 4.78 is 5.04. The Morgan fingerprint density at radius 2 is 1.65 bits per heavy atom. The van der Waals surface area contributed by atoms with Crippen LogP contribution in [0.2, 0.25) is 0 Å². The summed E-state index contributed by atoms with van der Waals surface area (Å²) in [5.41, 5.74) is 4.61. The fourth-order valence-corrected chi connectivity index (χ4v) is 7.11. The molecule has 0 aromatic heterocycles. The van der Waals surface area contributed by atoms with Gasteiger partial charge in [-0.15, -0.1) is 0 Å².